The molecule has 0 saturated heterocycles. The van der Waals surface area contributed by atoms with Gasteiger partial charge in [-0.05, 0) is 12.5 Å². The highest BCUT2D eigenvalue weighted by Gasteiger charge is 2.14. The highest BCUT2D eigenvalue weighted by molar-refractivity contribution is 5.60. The molecule has 0 aliphatic rings. The number of anilines is 1. The smallest absolute Gasteiger partial charge is 0.274 e. The molecule has 0 aliphatic heterocycles. The normalized spacial score (nSPS) is 9.69. The Kier molecular flexibility index (Phi) is 2.84. The van der Waals surface area contributed by atoms with Gasteiger partial charge in [0.15, 0.2) is 0 Å². The van der Waals surface area contributed by atoms with Crippen molar-refractivity contribution in [3.8, 4) is 0 Å². The highest BCUT2D eigenvalue weighted by Crippen LogP contribution is 2.26. The summed E-state index contributed by atoms with van der Waals surface area (Å²) >= 11 is 0. The maximum atomic E-state index is 10.6. The molecule has 13 heavy (non-hydrogen) atoms. The van der Waals surface area contributed by atoms with E-state index in [9.17, 15) is 10.1 Å². The Labute approximate surface area is 76.7 Å². The van der Waals surface area contributed by atoms with Gasteiger partial charge in [0.05, 0.1) is 10.5 Å². The van der Waals surface area contributed by atoms with Crippen LogP contribution in [0, 0.1) is 10.1 Å². The minimum Gasteiger partial charge on any atom is -0.388 e. The van der Waals surface area contributed by atoms with Crippen LogP contribution in [0.3, 0.4) is 0 Å². The van der Waals surface area contributed by atoms with Crippen molar-refractivity contribution in [1.29, 1.82) is 0 Å². The molecule has 0 saturated carbocycles. The molecule has 0 radical (unpaired) electrons. The van der Waals surface area contributed by atoms with Gasteiger partial charge in [-0.3, -0.25) is 10.1 Å². The molecular weight excluding hydrogens is 168 g/mol. The zero-order valence-corrected chi connectivity index (χ0v) is 7.70. The lowest BCUT2D eigenvalue weighted by atomic mass is 10.1. The van der Waals surface area contributed by atoms with E-state index in [4.69, 9.17) is 0 Å². The van der Waals surface area contributed by atoms with Gasteiger partial charge >= 0.3 is 0 Å². The van der Waals surface area contributed by atoms with Gasteiger partial charge in [-0.1, -0.05) is 13.0 Å². The molecule has 1 aromatic rings. The van der Waals surface area contributed by atoms with E-state index in [1.165, 1.54) is 6.07 Å². The Balaban J connectivity index is 3.27. The maximum Gasteiger partial charge on any atom is 0.274 e. The molecule has 0 bridgehead atoms. The van der Waals surface area contributed by atoms with Gasteiger partial charge in [0, 0.05) is 18.8 Å². The van der Waals surface area contributed by atoms with Gasteiger partial charge in [0.25, 0.3) is 5.69 Å². The fourth-order valence-corrected chi connectivity index (χ4v) is 1.35. The molecule has 0 fully saturated rings. The highest BCUT2D eigenvalue weighted by atomic mass is 16.6. The van der Waals surface area contributed by atoms with Crippen LogP contribution in [0.4, 0.5) is 11.4 Å². The molecule has 4 heteroatoms. The van der Waals surface area contributed by atoms with Crippen LogP contribution in [0.1, 0.15) is 12.5 Å². The van der Waals surface area contributed by atoms with Crippen molar-refractivity contribution < 1.29 is 4.92 Å². The Morgan fingerprint density at radius 2 is 2.23 bits per heavy atom. The molecule has 1 N–H and O–H groups in total. The lowest BCUT2D eigenvalue weighted by Gasteiger charge is -2.06. The van der Waals surface area contributed by atoms with Gasteiger partial charge in [-0.15, -0.1) is 0 Å². The van der Waals surface area contributed by atoms with Gasteiger partial charge in [0.1, 0.15) is 0 Å². The number of nitro groups is 1. The second-order valence-electron chi connectivity index (χ2n) is 2.66. The molecular formula is C9H12N2O2. The van der Waals surface area contributed by atoms with Crippen molar-refractivity contribution in [3.63, 3.8) is 0 Å². The number of rotatable bonds is 3. The van der Waals surface area contributed by atoms with Gasteiger partial charge < -0.3 is 5.32 Å². The van der Waals surface area contributed by atoms with Crippen LogP contribution in [-0.2, 0) is 6.42 Å². The monoisotopic (exact) mass is 180 g/mol. The Morgan fingerprint density at radius 3 is 2.69 bits per heavy atom. The van der Waals surface area contributed by atoms with Crippen LogP contribution >= 0.6 is 0 Å². The second-order valence-corrected chi connectivity index (χ2v) is 2.66. The summed E-state index contributed by atoms with van der Waals surface area (Å²) in [5.74, 6) is 0. The SMILES string of the molecule is CCc1c(NC)cccc1[N+](=O)[O-]. The Hall–Kier alpha value is -1.58. The first-order valence-electron chi connectivity index (χ1n) is 4.14. The van der Waals surface area contributed by atoms with E-state index in [0.29, 0.717) is 6.42 Å². The Morgan fingerprint density at radius 1 is 1.54 bits per heavy atom. The zero-order valence-electron chi connectivity index (χ0n) is 7.70. The molecule has 0 spiro atoms. The number of nitro benzene ring substituents is 1. The van der Waals surface area contributed by atoms with Crippen LogP contribution in [0.15, 0.2) is 18.2 Å². The van der Waals surface area contributed by atoms with Crippen molar-refractivity contribution in [3.05, 3.63) is 33.9 Å². The molecule has 1 aromatic carbocycles. The average molecular weight is 180 g/mol. The topological polar surface area (TPSA) is 55.2 Å². The quantitative estimate of drug-likeness (QED) is 0.573. The summed E-state index contributed by atoms with van der Waals surface area (Å²) in [6, 6.07) is 5.05. The van der Waals surface area contributed by atoms with Crippen LogP contribution < -0.4 is 5.32 Å². The minimum absolute atomic E-state index is 0.189. The summed E-state index contributed by atoms with van der Waals surface area (Å²) in [6.07, 6.45) is 0.660. The molecule has 70 valence electrons. The first-order valence-corrected chi connectivity index (χ1v) is 4.14. The van der Waals surface area contributed by atoms with Gasteiger partial charge in [-0.2, -0.15) is 0 Å². The number of hydrogen-bond acceptors (Lipinski definition) is 3. The summed E-state index contributed by atoms with van der Waals surface area (Å²) in [5.41, 5.74) is 1.78. The summed E-state index contributed by atoms with van der Waals surface area (Å²) in [7, 11) is 1.76. The lowest BCUT2D eigenvalue weighted by molar-refractivity contribution is -0.385. The van der Waals surface area contributed by atoms with Crippen LogP contribution in [0.2, 0.25) is 0 Å². The van der Waals surface area contributed by atoms with E-state index in [2.05, 4.69) is 5.32 Å². The van der Waals surface area contributed by atoms with Gasteiger partial charge in [-0.25, -0.2) is 0 Å². The van der Waals surface area contributed by atoms with E-state index in [0.717, 1.165) is 11.3 Å². The maximum absolute atomic E-state index is 10.6. The summed E-state index contributed by atoms with van der Waals surface area (Å²) in [6.45, 7) is 1.91. The molecule has 4 nitrogen and oxygen atoms in total. The zero-order chi connectivity index (χ0) is 9.84. The minimum atomic E-state index is -0.348. The Bertz CT molecular complexity index is 323. The molecule has 0 atom stereocenters. The summed E-state index contributed by atoms with van der Waals surface area (Å²) < 4.78 is 0. The predicted molar refractivity (Wildman–Crippen MR) is 52.0 cm³/mol. The number of nitrogens with zero attached hydrogens (tertiary/aromatic N) is 1. The van der Waals surface area contributed by atoms with Gasteiger partial charge in [0.2, 0.25) is 0 Å². The van der Waals surface area contributed by atoms with Crippen molar-refractivity contribution in [2.75, 3.05) is 12.4 Å². The van der Waals surface area contributed by atoms with Crippen molar-refractivity contribution in [2.24, 2.45) is 0 Å². The molecule has 0 amide bonds. The number of nitrogens with one attached hydrogen (secondary N) is 1. The van der Waals surface area contributed by atoms with E-state index >= 15 is 0 Å². The van der Waals surface area contributed by atoms with Crippen molar-refractivity contribution >= 4 is 11.4 Å². The largest absolute Gasteiger partial charge is 0.388 e. The third kappa shape index (κ3) is 1.77. The third-order valence-electron chi connectivity index (χ3n) is 1.97. The number of hydrogen-bond donors (Lipinski definition) is 1. The summed E-state index contributed by atoms with van der Waals surface area (Å²) in [5, 5.41) is 13.6. The first kappa shape index (κ1) is 9.51. The van der Waals surface area contributed by atoms with Crippen molar-refractivity contribution in [1.82, 2.24) is 0 Å². The molecule has 1 rings (SSSR count). The first-order chi connectivity index (χ1) is 6.20. The second kappa shape index (κ2) is 3.89. The van der Waals surface area contributed by atoms with E-state index < -0.39 is 0 Å². The molecule has 0 aliphatic carbocycles. The average Bonchev–Trinajstić information content (AvgIpc) is 2.16. The molecule has 0 heterocycles. The van der Waals surface area contributed by atoms with Crippen molar-refractivity contribution in [2.45, 2.75) is 13.3 Å². The fourth-order valence-electron chi connectivity index (χ4n) is 1.35. The standard InChI is InChI=1S/C9H12N2O2/c1-3-7-8(10-2)5-4-6-9(7)11(12)13/h4-6,10H,3H2,1-2H3. The van der Waals surface area contributed by atoms with E-state index in [-0.39, 0.29) is 10.6 Å². The van der Waals surface area contributed by atoms with Crippen LogP contribution in [0.5, 0.6) is 0 Å². The fraction of sp³-hybridized carbons (Fsp3) is 0.333. The van der Waals surface area contributed by atoms with E-state index in [1.807, 2.05) is 13.0 Å². The predicted octanol–water partition coefficient (Wildman–Crippen LogP) is 2.20. The lowest BCUT2D eigenvalue weighted by Crippen LogP contribution is -1.99. The third-order valence-corrected chi connectivity index (χ3v) is 1.97. The number of benzene rings is 1. The summed E-state index contributed by atoms with van der Waals surface area (Å²) in [4.78, 5) is 10.3. The van der Waals surface area contributed by atoms with Crippen LogP contribution in [-0.4, -0.2) is 12.0 Å². The molecule has 0 aromatic heterocycles. The molecule has 0 unspecified atom stereocenters. The van der Waals surface area contributed by atoms with Crippen LogP contribution in [0.25, 0.3) is 0 Å². The van der Waals surface area contributed by atoms with E-state index in [1.54, 1.807) is 13.1 Å².